The van der Waals surface area contributed by atoms with Crippen molar-refractivity contribution in [1.29, 1.82) is 0 Å². The molecule has 7 nitrogen and oxygen atoms in total. The van der Waals surface area contributed by atoms with Gasteiger partial charge in [-0.2, -0.15) is 4.98 Å². The third kappa shape index (κ3) is 4.01. The van der Waals surface area contributed by atoms with Crippen molar-refractivity contribution >= 4 is 28.5 Å². The lowest BCUT2D eigenvalue weighted by Gasteiger charge is -2.13. The monoisotopic (exact) mass is 439 g/mol. The van der Waals surface area contributed by atoms with Gasteiger partial charge in [0.15, 0.2) is 0 Å². The van der Waals surface area contributed by atoms with Gasteiger partial charge in [0.2, 0.25) is 5.82 Å². The predicted molar refractivity (Wildman–Crippen MR) is 118 cm³/mol. The Bertz CT molecular complexity index is 1240. The van der Waals surface area contributed by atoms with E-state index in [0.717, 1.165) is 16.5 Å². The first-order chi connectivity index (χ1) is 14.9. The highest BCUT2D eigenvalue weighted by Gasteiger charge is 2.21. The summed E-state index contributed by atoms with van der Waals surface area (Å²) in [6, 6.07) is 12.2. The Hall–Kier alpha value is -3.32. The van der Waals surface area contributed by atoms with Crippen molar-refractivity contribution in [2.45, 2.75) is 39.3 Å². The summed E-state index contributed by atoms with van der Waals surface area (Å²) in [5.41, 5.74) is 2.25. The molecule has 0 aliphatic rings. The van der Waals surface area contributed by atoms with E-state index in [9.17, 15) is 9.90 Å². The van der Waals surface area contributed by atoms with Crippen molar-refractivity contribution in [3.63, 3.8) is 0 Å². The Morgan fingerprint density at radius 1 is 1.26 bits per heavy atom. The van der Waals surface area contributed by atoms with E-state index in [0.29, 0.717) is 34.5 Å². The van der Waals surface area contributed by atoms with Gasteiger partial charge in [-0.3, -0.25) is 0 Å². The molecule has 31 heavy (non-hydrogen) atoms. The molecule has 8 heteroatoms. The summed E-state index contributed by atoms with van der Waals surface area (Å²) in [6.45, 7) is 5.71. The van der Waals surface area contributed by atoms with Crippen LogP contribution in [0.25, 0.3) is 33.7 Å². The molecule has 1 unspecified atom stereocenters. The largest absolute Gasteiger partial charge is 0.489 e. The summed E-state index contributed by atoms with van der Waals surface area (Å²) < 4.78 is 12.9. The highest BCUT2D eigenvalue weighted by molar-refractivity contribution is 6.32. The summed E-state index contributed by atoms with van der Waals surface area (Å²) in [5.74, 6) is 0.478. The maximum atomic E-state index is 11.6. The molecular formula is C23H22ClN3O4. The molecule has 1 N–H and O–H groups in total. The minimum absolute atomic E-state index is 0.0135. The zero-order valence-electron chi connectivity index (χ0n) is 17.4. The first-order valence-electron chi connectivity index (χ1n) is 10.0. The molecule has 0 spiro atoms. The van der Waals surface area contributed by atoms with E-state index in [2.05, 4.69) is 10.1 Å². The average molecular weight is 440 g/mol. The Morgan fingerprint density at radius 2 is 2.06 bits per heavy atom. The predicted octanol–water partition coefficient (Wildman–Crippen LogP) is 5.83. The van der Waals surface area contributed by atoms with Gasteiger partial charge in [-0.25, -0.2) is 4.79 Å². The number of aliphatic carboxylic acids is 1. The van der Waals surface area contributed by atoms with Crippen LogP contribution in [0.5, 0.6) is 5.75 Å². The number of fused-ring (bicyclic) bond motifs is 1. The first-order valence-corrected chi connectivity index (χ1v) is 10.4. The number of carboxylic acids is 1. The van der Waals surface area contributed by atoms with E-state index >= 15 is 0 Å². The standard InChI is InChI=1S/C23H22ClN3O4/c1-4-18(23(28)29)27-11-10-15-16(6-5-7-19(15)27)21-25-22(31-26-21)14-8-9-20(17(24)12-14)30-13(2)3/h5-13,18H,4H2,1-3H3,(H,28,29). The zero-order chi connectivity index (χ0) is 22.1. The van der Waals surface area contributed by atoms with Crippen LogP contribution < -0.4 is 4.74 Å². The molecule has 160 valence electrons. The van der Waals surface area contributed by atoms with E-state index < -0.39 is 12.0 Å². The number of hydrogen-bond donors (Lipinski definition) is 1. The summed E-state index contributed by atoms with van der Waals surface area (Å²) in [7, 11) is 0. The molecule has 4 rings (SSSR count). The lowest BCUT2D eigenvalue weighted by molar-refractivity contribution is -0.140. The number of aromatic nitrogens is 3. The second-order valence-electron chi connectivity index (χ2n) is 7.46. The summed E-state index contributed by atoms with van der Waals surface area (Å²) in [6.07, 6.45) is 2.28. The van der Waals surface area contributed by atoms with Gasteiger partial charge in [0, 0.05) is 28.2 Å². The number of carboxylic acid groups (broad SMARTS) is 1. The lowest BCUT2D eigenvalue weighted by atomic mass is 10.1. The fourth-order valence-corrected chi connectivity index (χ4v) is 3.80. The number of halogens is 1. The van der Waals surface area contributed by atoms with Crippen LogP contribution in [-0.4, -0.2) is 31.9 Å². The van der Waals surface area contributed by atoms with Gasteiger partial charge in [-0.05, 0) is 50.6 Å². The van der Waals surface area contributed by atoms with Gasteiger partial charge in [0.25, 0.3) is 5.89 Å². The molecule has 0 aliphatic carbocycles. The van der Waals surface area contributed by atoms with Crippen LogP contribution in [0.1, 0.15) is 33.2 Å². The number of hydrogen-bond acceptors (Lipinski definition) is 5. The van der Waals surface area contributed by atoms with E-state index in [-0.39, 0.29) is 6.10 Å². The quantitative estimate of drug-likeness (QED) is 0.389. The fourth-order valence-electron chi connectivity index (χ4n) is 3.58. The number of carbonyl (C=O) groups is 1. The second kappa shape index (κ2) is 8.43. The minimum Gasteiger partial charge on any atom is -0.489 e. The van der Waals surface area contributed by atoms with Crippen LogP contribution in [-0.2, 0) is 4.79 Å². The maximum Gasteiger partial charge on any atom is 0.326 e. The van der Waals surface area contributed by atoms with E-state index in [1.54, 1.807) is 22.9 Å². The highest BCUT2D eigenvalue weighted by atomic mass is 35.5. The van der Waals surface area contributed by atoms with E-state index in [1.807, 2.05) is 51.1 Å². The molecule has 2 heterocycles. The van der Waals surface area contributed by atoms with Crippen LogP contribution >= 0.6 is 11.6 Å². The summed E-state index contributed by atoms with van der Waals surface area (Å²) in [5, 5.41) is 15.0. The molecule has 0 aliphatic heterocycles. The van der Waals surface area contributed by atoms with E-state index in [4.69, 9.17) is 20.9 Å². The third-order valence-electron chi connectivity index (χ3n) is 4.98. The van der Waals surface area contributed by atoms with Gasteiger partial charge < -0.3 is 18.9 Å². The molecule has 2 aromatic carbocycles. The molecule has 0 saturated heterocycles. The molecule has 0 fully saturated rings. The SMILES string of the molecule is CCC(C(=O)O)n1ccc2c(-c3noc(-c4ccc(OC(C)C)c(Cl)c4)n3)cccc21. The van der Waals surface area contributed by atoms with Crippen LogP contribution in [0.3, 0.4) is 0 Å². The number of nitrogens with zero attached hydrogens (tertiary/aromatic N) is 3. The maximum absolute atomic E-state index is 11.6. The van der Waals surface area contributed by atoms with Crippen LogP contribution in [0, 0.1) is 0 Å². The average Bonchev–Trinajstić information content (AvgIpc) is 3.37. The zero-order valence-corrected chi connectivity index (χ0v) is 18.1. The Labute approximate surface area is 184 Å². The van der Waals surface area contributed by atoms with Crippen molar-refractivity contribution < 1.29 is 19.2 Å². The highest BCUT2D eigenvalue weighted by Crippen LogP contribution is 2.33. The van der Waals surface area contributed by atoms with E-state index in [1.165, 1.54) is 0 Å². The first kappa shape index (κ1) is 20.9. The van der Waals surface area contributed by atoms with Crippen LogP contribution in [0.4, 0.5) is 0 Å². The lowest BCUT2D eigenvalue weighted by Crippen LogP contribution is -2.17. The Morgan fingerprint density at radius 3 is 2.74 bits per heavy atom. The molecule has 1 atom stereocenters. The van der Waals surface area contributed by atoms with Crippen LogP contribution in [0.15, 0.2) is 53.2 Å². The number of benzene rings is 2. The fraction of sp³-hybridized carbons (Fsp3) is 0.261. The van der Waals surface area contributed by atoms with Gasteiger partial charge in [-0.15, -0.1) is 0 Å². The smallest absolute Gasteiger partial charge is 0.326 e. The number of rotatable bonds is 7. The summed E-state index contributed by atoms with van der Waals surface area (Å²) >= 11 is 6.33. The summed E-state index contributed by atoms with van der Waals surface area (Å²) in [4.78, 5) is 16.2. The van der Waals surface area contributed by atoms with Gasteiger partial charge in [0.05, 0.1) is 11.1 Å². The van der Waals surface area contributed by atoms with Gasteiger partial charge in [0.1, 0.15) is 11.8 Å². The molecule has 0 amide bonds. The van der Waals surface area contributed by atoms with Gasteiger partial charge in [-0.1, -0.05) is 35.8 Å². The Balaban J connectivity index is 1.71. The van der Waals surface area contributed by atoms with Crippen molar-refractivity contribution in [3.8, 4) is 28.6 Å². The van der Waals surface area contributed by atoms with Crippen LogP contribution in [0.2, 0.25) is 5.02 Å². The van der Waals surface area contributed by atoms with Gasteiger partial charge >= 0.3 is 5.97 Å². The minimum atomic E-state index is -0.867. The molecule has 0 saturated carbocycles. The normalized spacial score (nSPS) is 12.4. The second-order valence-corrected chi connectivity index (χ2v) is 7.87. The molecular weight excluding hydrogens is 418 g/mol. The third-order valence-corrected chi connectivity index (χ3v) is 5.27. The number of ether oxygens (including phenoxy) is 1. The van der Waals surface area contributed by atoms with Crippen molar-refractivity contribution in [2.75, 3.05) is 0 Å². The van der Waals surface area contributed by atoms with Crippen molar-refractivity contribution in [3.05, 3.63) is 53.7 Å². The molecule has 2 aromatic heterocycles. The topological polar surface area (TPSA) is 90.4 Å². The Kier molecular flexibility index (Phi) is 5.69. The molecule has 0 bridgehead atoms. The van der Waals surface area contributed by atoms with Crippen molar-refractivity contribution in [1.82, 2.24) is 14.7 Å². The molecule has 4 aromatic rings. The van der Waals surface area contributed by atoms with Crippen molar-refractivity contribution in [2.24, 2.45) is 0 Å². The molecule has 0 radical (unpaired) electrons.